The monoisotopic (exact) mass is 992 g/mol. The molecule has 2 saturated heterocycles. The van der Waals surface area contributed by atoms with Crippen LogP contribution in [0.1, 0.15) is 52.2 Å². The van der Waals surface area contributed by atoms with Gasteiger partial charge in [0.15, 0.2) is 28.8 Å². The van der Waals surface area contributed by atoms with Gasteiger partial charge in [0, 0.05) is 48.1 Å². The lowest BCUT2D eigenvalue weighted by Crippen LogP contribution is -2.46. The van der Waals surface area contributed by atoms with E-state index >= 15 is 0 Å². The molecular formula is C31H51N10O17P3S2. The number of hydrogen-bond donors (Lipinski definition) is 11. The van der Waals surface area contributed by atoms with E-state index < -0.39 is 84.6 Å². The molecule has 0 bridgehead atoms. The number of hydrogen-bond acceptors (Lipinski definition) is 22. The molecule has 63 heavy (non-hydrogen) atoms. The highest BCUT2D eigenvalue weighted by molar-refractivity contribution is 8.13. The van der Waals surface area contributed by atoms with Gasteiger partial charge in [0.2, 0.25) is 11.8 Å². The largest absolute Gasteiger partial charge is 0.481 e. The number of nitrogens with one attached hydrogen (secondary N) is 3. The molecule has 3 aliphatic heterocycles. The third-order valence-corrected chi connectivity index (χ3v) is 15.3. The van der Waals surface area contributed by atoms with E-state index in [2.05, 4.69) is 44.7 Å². The first-order valence-electron chi connectivity index (χ1n) is 19.2. The minimum atomic E-state index is -5.58. The number of aromatic nitrogens is 4. The van der Waals surface area contributed by atoms with Gasteiger partial charge in [0.05, 0.1) is 31.6 Å². The van der Waals surface area contributed by atoms with Crippen LogP contribution in [0.3, 0.4) is 0 Å². The van der Waals surface area contributed by atoms with Crippen LogP contribution in [0.5, 0.6) is 0 Å². The van der Waals surface area contributed by atoms with Crippen LogP contribution in [0.15, 0.2) is 17.6 Å². The highest BCUT2D eigenvalue weighted by Gasteiger charge is 2.50. The number of nitrogen functional groups attached to an aromatic ring is 1. The van der Waals surface area contributed by atoms with E-state index in [1.807, 2.05) is 11.8 Å². The van der Waals surface area contributed by atoms with Crippen LogP contribution in [-0.2, 0) is 50.7 Å². The third-order valence-electron chi connectivity index (χ3n) is 9.79. The normalized spacial score (nSPS) is 26.0. The molecule has 2 aromatic heterocycles. The number of fused-ring (bicyclic) bond motifs is 2. The maximum atomic E-state index is 12.7. The van der Waals surface area contributed by atoms with Gasteiger partial charge in [0.1, 0.15) is 36.3 Å². The van der Waals surface area contributed by atoms with Crippen LogP contribution in [0.4, 0.5) is 5.82 Å². The Bertz CT molecular complexity index is 2130. The minimum absolute atomic E-state index is 0.0166. The number of nitrogens with two attached hydrogens (primary N) is 2. The average Bonchev–Trinajstić information content (AvgIpc) is 3.96. The number of aliphatic hydroxyl groups excluding tert-OH is 2. The second kappa shape index (κ2) is 21.7. The zero-order valence-electron chi connectivity index (χ0n) is 33.8. The van der Waals surface area contributed by atoms with Crippen molar-refractivity contribution in [1.29, 1.82) is 0 Å². The lowest BCUT2D eigenvalue weighted by Gasteiger charge is -2.30. The second-order valence-corrected chi connectivity index (χ2v) is 21.8. The third kappa shape index (κ3) is 14.6. The molecule has 13 N–H and O–H groups in total. The van der Waals surface area contributed by atoms with Crippen molar-refractivity contribution in [2.45, 2.75) is 93.9 Å². The molecule has 2 amide bonds. The number of rotatable bonds is 24. The number of imidazole rings is 1. The van der Waals surface area contributed by atoms with Crippen molar-refractivity contribution in [3.63, 3.8) is 0 Å². The molecule has 0 aliphatic carbocycles. The maximum Gasteiger partial charge on any atom is 0.481 e. The first-order chi connectivity index (χ1) is 29.4. The molecule has 0 spiro atoms. The molecule has 3 aliphatic rings. The number of unbranched alkanes of at least 4 members (excludes halogenated alkanes) is 1. The predicted molar refractivity (Wildman–Crippen MR) is 224 cm³/mol. The fourth-order valence-electron chi connectivity index (χ4n) is 6.61. The first kappa shape index (κ1) is 51.2. The van der Waals surface area contributed by atoms with Gasteiger partial charge in [-0.1, -0.05) is 32.0 Å². The fourth-order valence-corrected chi connectivity index (χ4v) is 11.7. The molecule has 5 heterocycles. The second-order valence-electron chi connectivity index (χ2n) is 15.2. The number of aliphatic imine (C=N–C) groups is 1. The summed E-state index contributed by atoms with van der Waals surface area (Å²) in [6, 6.07) is 0.465. The Morgan fingerprint density at radius 2 is 1.79 bits per heavy atom. The SMILES string of the molecule is CC(C)(COP(=O)(O)OP(=O)(O)OCC1OC(n2cnc3c(N)ncnc32)C(O)C1OP(=O)(O)O)C(O)C(=O)NCCC(=O)NCCSC(=O)CCCCC1SCC2NC(N)=NC21. The lowest BCUT2D eigenvalue weighted by atomic mass is 9.87. The van der Waals surface area contributed by atoms with Crippen molar-refractivity contribution >= 4 is 86.9 Å². The summed E-state index contributed by atoms with van der Waals surface area (Å²) in [6.45, 7) is 0.495. The van der Waals surface area contributed by atoms with Crippen molar-refractivity contribution in [3.8, 4) is 0 Å². The molecule has 27 nitrogen and oxygen atoms in total. The van der Waals surface area contributed by atoms with Gasteiger partial charge in [0.25, 0.3) is 0 Å². The highest BCUT2D eigenvalue weighted by Crippen LogP contribution is 2.61. The van der Waals surface area contributed by atoms with Gasteiger partial charge in [-0.15, -0.1) is 0 Å². The zero-order chi connectivity index (χ0) is 46.3. The van der Waals surface area contributed by atoms with Gasteiger partial charge in [-0.05, 0) is 12.8 Å². The number of nitrogens with zero attached hydrogens (tertiary/aromatic N) is 5. The highest BCUT2D eigenvalue weighted by atomic mass is 32.2. The maximum absolute atomic E-state index is 12.7. The smallest absolute Gasteiger partial charge is 0.386 e. The quantitative estimate of drug-likeness (QED) is 0.0444. The summed E-state index contributed by atoms with van der Waals surface area (Å²) in [7, 11) is -16.4. The molecule has 2 aromatic rings. The fraction of sp³-hybridized carbons (Fsp3) is 0.710. The minimum Gasteiger partial charge on any atom is -0.386 e. The number of amides is 2. The van der Waals surface area contributed by atoms with Gasteiger partial charge >= 0.3 is 23.5 Å². The summed E-state index contributed by atoms with van der Waals surface area (Å²) in [5.74, 6) is 0.348. The number of aliphatic hydroxyl groups is 2. The lowest BCUT2D eigenvalue weighted by molar-refractivity contribution is -0.137. The Morgan fingerprint density at radius 1 is 1.06 bits per heavy atom. The molecule has 10 atom stereocenters. The topological polar surface area (TPSA) is 414 Å². The predicted octanol–water partition coefficient (Wildman–Crippen LogP) is -1.00. The van der Waals surface area contributed by atoms with E-state index in [4.69, 9.17) is 25.3 Å². The molecular weight excluding hydrogens is 941 g/mol. The first-order valence-corrected chi connectivity index (χ1v) is 25.8. The van der Waals surface area contributed by atoms with Crippen molar-refractivity contribution in [1.82, 2.24) is 35.5 Å². The van der Waals surface area contributed by atoms with Crippen LogP contribution in [0.2, 0.25) is 0 Å². The number of thioether (sulfide) groups is 2. The average molecular weight is 993 g/mol. The summed E-state index contributed by atoms with van der Waals surface area (Å²) in [6.07, 6.45) is -3.94. The van der Waals surface area contributed by atoms with Crippen LogP contribution in [0, 0.1) is 5.41 Å². The summed E-state index contributed by atoms with van der Waals surface area (Å²) in [5.41, 5.74) is 10.0. The number of anilines is 1. The summed E-state index contributed by atoms with van der Waals surface area (Å²) >= 11 is 2.98. The van der Waals surface area contributed by atoms with Crippen molar-refractivity contribution in [3.05, 3.63) is 12.7 Å². The van der Waals surface area contributed by atoms with Crippen LogP contribution in [0.25, 0.3) is 11.2 Å². The zero-order valence-corrected chi connectivity index (χ0v) is 38.1. The van der Waals surface area contributed by atoms with Gasteiger partial charge < -0.3 is 61.9 Å². The Hall–Kier alpha value is -2.82. The van der Waals surface area contributed by atoms with E-state index in [1.165, 1.54) is 13.8 Å². The van der Waals surface area contributed by atoms with Crippen LogP contribution in [-0.4, -0.2) is 152 Å². The Morgan fingerprint density at radius 3 is 2.52 bits per heavy atom. The molecule has 2 fully saturated rings. The molecule has 5 rings (SSSR count). The van der Waals surface area contributed by atoms with E-state index in [-0.39, 0.29) is 53.7 Å². The van der Waals surface area contributed by atoms with Crippen molar-refractivity contribution in [2.24, 2.45) is 16.1 Å². The van der Waals surface area contributed by atoms with Crippen molar-refractivity contribution < 1.29 is 80.5 Å². The molecule has 32 heteroatoms. The molecule has 354 valence electrons. The summed E-state index contributed by atoms with van der Waals surface area (Å²) in [4.78, 5) is 92.8. The van der Waals surface area contributed by atoms with Crippen LogP contribution < -0.4 is 27.4 Å². The van der Waals surface area contributed by atoms with Gasteiger partial charge in [-0.3, -0.25) is 32.5 Å². The summed E-state index contributed by atoms with van der Waals surface area (Å²) < 4.78 is 62.3. The van der Waals surface area contributed by atoms with Gasteiger partial charge in [-0.2, -0.15) is 16.1 Å². The number of phosphoric acid groups is 3. The molecule has 0 saturated carbocycles. The Balaban J connectivity index is 0.980. The number of ether oxygens (including phenoxy) is 1. The molecule has 0 radical (unpaired) electrons. The Labute approximate surface area is 368 Å². The van der Waals surface area contributed by atoms with E-state index in [0.29, 0.717) is 23.4 Å². The standard InChI is InChI=1S/C31H51N10O17P3S2/c1-31(2,25(45)28(46)35-8-7-19(42)34-9-10-62-20(43)6-4-3-5-18-21-16(12-63-18)39-30(33)40-21)13-55-61(52,53)58-60(50,51)54-11-17-24(57-59(47,48)49)23(44)29(56-17)41-15-38-22-26(32)36-14-37-27(22)41/h14-18,21,23-25,29,44-45H,3-13H2,1-2H3,(H,34,42)(H,35,46)(H,50,51)(H,52,53)(H2,32,36,37)(H3,33,39,40)(H2,47,48,49). The van der Waals surface area contributed by atoms with Gasteiger partial charge in [-0.25, -0.2) is 33.6 Å². The molecule has 0 aromatic carbocycles. The van der Waals surface area contributed by atoms with E-state index in [9.17, 15) is 57.9 Å². The van der Waals surface area contributed by atoms with E-state index in [1.54, 1.807) is 0 Å². The van der Waals surface area contributed by atoms with E-state index in [0.717, 1.165) is 54.0 Å². The van der Waals surface area contributed by atoms with Crippen molar-refractivity contribution in [2.75, 3.05) is 43.5 Å². The summed E-state index contributed by atoms with van der Waals surface area (Å²) in [5, 5.41) is 30.1. The Kier molecular flexibility index (Phi) is 17.6. The number of carbonyl (C=O) groups is 3. The molecule has 10 unspecified atom stereocenters. The number of phosphoric ester groups is 3. The van der Waals surface area contributed by atoms with Crippen LogP contribution >= 0.6 is 47.0 Å². The number of guanidine groups is 1. The number of carbonyl (C=O) groups excluding carboxylic acids is 3.